The topological polar surface area (TPSA) is 41.3 Å². The summed E-state index contributed by atoms with van der Waals surface area (Å²) in [6.45, 7) is 3.57. The molecule has 0 amide bonds. The molecule has 1 heterocycles. The molecule has 2 aromatic rings. The molecule has 1 aromatic heterocycles. The molecular weight excluding hydrogens is 233 g/mol. The predicted molar refractivity (Wildman–Crippen MR) is 68.3 cm³/mol. The number of hydrogen-bond donors (Lipinski definition) is 1. The van der Waals surface area contributed by atoms with Gasteiger partial charge in [-0.2, -0.15) is 4.98 Å². The highest BCUT2D eigenvalue weighted by atomic mass is 19.1. The van der Waals surface area contributed by atoms with Crippen LogP contribution in [0.1, 0.15) is 12.6 Å². The van der Waals surface area contributed by atoms with Gasteiger partial charge >= 0.3 is 6.01 Å². The lowest BCUT2D eigenvalue weighted by Gasteiger charge is -2.14. The van der Waals surface area contributed by atoms with E-state index in [0.29, 0.717) is 18.2 Å². The SMILES string of the molecule is CCNCc1coc(N(C)c2cccc(F)c2)n1. The molecule has 0 aliphatic heterocycles. The molecule has 0 bridgehead atoms. The molecule has 4 nitrogen and oxygen atoms in total. The van der Waals surface area contributed by atoms with Gasteiger partial charge < -0.3 is 9.73 Å². The van der Waals surface area contributed by atoms with Crippen LogP contribution in [0, 0.1) is 5.82 Å². The van der Waals surface area contributed by atoms with Gasteiger partial charge in [0.2, 0.25) is 0 Å². The number of halogens is 1. The summed E-state index contributed by atoms with van der Waals surface area (Å²) >= 11 is 0. The number of nitrogens with one attached hydrogen (secondary N) is 1. The second-order valence-corrected chi connectivity index (χ2v) is 3.94. The van der Waals surface area contributed by atoms with Gasteiger partial charge in [0.15, 0.2) is 0 Å². The maximum Gasteiger partial charge on any atom is 0.301 e. The Morgan fingerprint density at radius 2 is 2.28 bits per heavy atom. The fourth-order valence-electron chi connectivity index (χ4n) is 1.58. The number of nitrogens with zero attached hydrogens (tertiary/aromatic N) is 2. The molecule has 0 fully saturated rings. The van der Waals surface area contributed by atoms with Crippen LogP contribution in [0.3, 0.4) is 0 Å². The Morgan fingerprint density at radius 1 is 1.44 bits per heavy atom. The lowest BCUT2D eigenvalue weighted by atomic mass is 10.3. The molecule has 0 saturated carbocycles. The van der Waals surface area contributed by atoms with E-state index in [1.807, 2.05) is 6.92 Å². The van der Waals surface area contributed by atoms with E-state index in [1.165, 1.54) is 12.1 Å². The number of hydrogen-bond acceptors (Lipinski definition) is 4. The van der Waals surface area contributed by atoms with E-state index in [4.69, 9.17) is 4.42 Å². The van der Waals surface area contributed by atoms with Gasteiger partial charge in [-0.3, -0.25) is 4.90 Å². The maximum absolute atomic E-state index is 13.1. The molecule has 0 aliphatic rings. The van der Waals surface area contributed by atoms with E-state index in [-0.39, 0.29) is 5.82 Å². The van der Waals surface area contributed by atoms with Crippen molar-refractivity contribution < 1.29 is 8.81 Å². The van der Waals surface area contributed by atoms with Crippen molar-refractivity contribution in [3.05, 3.63) is 42.0 Å². The summed E-state index contributed by atoms with van der Waals surface area (Å²) in [5, 5.41) is 3.16. The summed E-state index contributed by atoms with van der Waals surface area (Å²) in [6.07, 6.45) is 1.60. The maximum atomic E-state index is 13.1. The second kappa shape index (κ2) is 5.64. The Kier molecular flexibility index (Phi) is 3.94. The van der Waals surface area contributed by atoms with Crippen LogP contribution < -0.4 is 10.2 Å². The smallest absolute Gasteiger partial charge is 0.301 e. The van der Waals surface area contributed by atoms with Crippen molar-refractivity contribution in [1.82, 2.24) is 10.3 Å². The summed E-state index contributed by atoms with van der Waals surface area (Å²) in [5.41, 5.74) is 1.53. The third kappa shape index (κ3) is 2.87. The van der Waals surface area contributed by atoms with Crippen molar-refractivity contribution >= 4 is 11.7 Å². The van der Waals surface area contributed by atoms with Crippen LogP contribution in [0.25, 0.3) is 0 Å². The molecule has 2 rings (SSSR count). The highest BCUT2D eigenvalue weighted by Crippen LogP contribution is 2.23. The third-order valence-corrected chi connectivity index (χ3v) is 2.58. The fourth-order valence-corrected chi connectivity index (χ4v) is 1.58. The van der Waals surface area contributed by atoms with Gasteiger partial charge in [0.05, 0.1) is 5.69 Å². The molecule has 1 aromatic carbocycles. The number of aromatic nitrogens is 1. The van der Waals surface area contributed by atoms with Crippen molar-refractivity contribution in [3.8, 4) is 0 Å². The van der Waals surface area contributed by atoms with Gasteiger partial charge in [0, 0.05) is 19.3 Å². The van der Waals surface area contributed by atoms with E-state index >= 15 is 0 Å². The molecule has 5 heteroatoms. The lowest BCUT2D eigenvalue weighted by molar-refractivity contribution is 0.557. The van der Waals surface area contributed by atoms with Gasteiger partial charge in [-0.15, -0.1) is 0 Å². The average molecular weight is 249 g/mol. The van der Waals surface area contributed by atoms with E-state index in [0.717, 1.165) is 12.2 Å². The van der Waals surface area contributed by atoms with Gasteiger partial charge in [0.25, 0.3) is 0 Å². The molecule has 18 heavy (non-hydrogen) atoms. The monoisotopic (exact) mass is 249 g/mol. The molecule has 0 atom stereocenters. The van der Waals surface area contributed by atoms with Crippen LogP contribution in [0.15, 0.2) is 34.9 Å². The highest BCUT2D eigenvalue weighted by molar-refractivity contribution is 5.55. The van der Waals surface area contributed by atoms with Crippen molar-refractivity contribution in [2.45, 2.75) is 13.5 Å². The van der Waals surface area contributed by atoms with Gasteiger partial charge in [-0.1, -0.05) is 13.0 Å². The van der Waals surface area contributed by atoms with Crippen molar-refractivity contribution in [3.63, 3.8) is 0 Å². The first-order chi connectivity index (χ1) is 8.70. The molecule has 0 spiro atoms. The Bertz CT molecular complexity index is 512. The predicted octanol–water partition coefficient (Wildman–Crippen LogP) is 2.69. The summed E-state index contributed by atoms with van der Waals surface area (Å²) in [6, 6.07) is 6.76. The van der Waals surface area contributed by atoms with Gasteiger partial charge in [-0.05, 0) is 24.7 Å². The van der Waals surface area contributed by atoms with Crippen LogP contribution >= 0.6 is 0 Å². The quantitative estimate of drug-likeness (QED) is 0.884. The number of oxazole rings is 1. The second-order valence-electron chi connectivity index (χ2n) is 3.94. The highest BCUT2D eigenvalue weighted by Gasteiger charge is 2.11. The number of rotatable bonds is 5. The van der Waals surface area contributed by atoms with E-state index < -0.39 is 0 Å². The molecular formula is C13H16FN3O. The minimum Gasteiger partial charge on any atom is -0.431 e. The van der Waals surface area contributed by atoms with E-state index in [1.54, 1.807) is 30.3 Å². The zero-order valence-electron chi connectivity index (χ0n) is 10.5. The standard InChI is InChI=1S/C13H16FN3O/c1-3-15-8-11-9-18-13(16-11)17(2)12-6-4-5-10(14)7-12/h4-7,9,15H,3,8H2,1-2H3. The van der Waals surface area contributed by atoms with Crippen molar-refractivity contribution in [2.75, 3.05) is 18.5 Å². The van der Waals surface area contributed by atoms with E-state index in [2.05, 4.69) is 10.3 Å². The molecule has 96 valence electrons. The minimum absolute atomic E-state index is 0.279. The van der Waals surface area contributed by atoms with Crippen LogP contribution in [0.2, 0.25) is 0 Å². The summed E-state index contributed by atoms with van der Waals surface area (Å²) < 4.78 is 18.5. The van der Waals surface area contributed by atoms with Crippen LogP contribution in [0.4, 0.5) is 16.1 Å². The van der Waals surface area contributed by atoms with Gasteiger partial charge in [-0.25, -0.2) is 4.39 Å². The van der Waals surface area contributed by atoms with Crippen LogP contribution in [-0.4, -0.2) is 18.6 Å². The first-order valence-electron chi connectivity index (χ1n) is 5.85. The number of benzene rings is 1. The average Bonchev–Trinajstić information content (AvgIpc) is 2.84. The largest absolute Gasteiger partial charge is 0.431 e. The first-order valence-corrected chi connectivity index (χ1v) is 5.85. The Morgan fingerprint density at radius 3 is 3.00 bits per heavy atom. The zero-order valence-corrected chi connectivity index (χ0v) is 10.5. The van der Waals surface area contributed by atoms with Crippen molar-refractivity contribution in [2.24, 2.45) is 0 Å². The Labute approximate surface area is 105 Å². The zero-order chi connectivity index (χ0) is 13.0. The van der Waals surface area contributed by atoms with Crippen LogP contribution in [0.5, 0.6) is 0 Å². The molecule has 0 radical (unpaired) electrons. The molecule has 0 unspecified atom stereocenters. The minimum atomic E-state index is -0.279. The van der Waals surface area contributed by atoms with E-state index in [9.17, 15) is 4.39 Å². The van der Waals surface area contributed by atoms with Crippen molar-refractivity contribution in [1.29, 1.82) is 0 Å². The Hall–Kier alpha value is -1.88. The molecule has 0 saturated heterocycles. The molecule has 1 N–H and O–H groups in total. The summed E-state index contributed by atoms with van der Waals surface area (Å²) in [5.74, 6) is -0.279. The molecule has 0 aliphatic carbocycles. The van der Waals surface area contributed by atoms with Crippen LogP contribution in [-0.2, 0) is 6.54 Å². The van der Waals surface area contributed by atoms with Gasteiger partial charge in [0.1, 0.15) is 12.1 Å². The third-order valence-electron chi connectivity index (χ3n) is 2.58. The summed E-state index contributed by atoms with van der Waals surface area (Å²) in [7, 11) is 1.79. The number of anilines is 2. The summed E-state index contributed by atoms with van der Waals surface area (Å²) in [4.78, 5) is 6.03. The Balaban J connectivity index is 2.13. The lowest BCUT2D eigenvalue weighted by Crippen LogP contribution is -2.13. The fraction of sp³-hybridized carbons (Fsp3) is 0.308. The normalized spacial score (nSPS) is 10.6. The first kappa shape index (κ1) is 12.6.